The summed E-state index contributed by atoms with van der Waals surface area (Å²) >= 11 is 2.53. The van der Waals surface area contributed by atoms with Gasteiger partial charge in [-0.05, 0) is 16.0 Å². The second-order valence-electron chi connectivity index (χ2n) is 6.18. The summed E-state index contributed by atoms with van der Waals surface area (Å²) in [5.41, 5.74) is -1.29. The lowest BCUT2D eigenvalue weighted by Gasteiger charge is -2.55. The van der Waals surface area contributed by atoms with Crippen LogP contribution in [0.4, 0.5) is 0 Å². The molecule has 0 radical (unpaired) electrons. The summed E-state index contributed by atoms with van der Waals surface area (Å²) in [5.74, 6) is -2.24. The summed E-state index contributed by atoms with van der Waals surface area (Å²) in [5, 5.41) is 23.1. The van der Waals surface area contributed by atoms with Crippen molar-refractivity contribution in [2.45, 2.75) is 16.3 Å². The molecule has 0 bridgehead atoms. The number of amides is 2. The molecular formula is C14H18N6O6S3. The third kappa shape index (κ3) is 3.91. The van der Waals surface area contributed by atoms with Crippen molar-refractivity contribution >= 4 is 52.1 Å². The van der Waals surface area contributed by atoms with E-state index >= 15 is 0 Å². The van der Waals surface area contributed by atoms with Gasteiger partial charge in [-0.25, -0.2) is 9.48 Å². The van der Waals surface area contributed by atoms with E-state index in [1.165, 1.54) is 41.6 Å². The minimum absolute atomic E-state index is 0.137. The number of aryl methyl sites for hydroxylation is 1. The maximum Gasteiger partial charge on any atom is 0.352 e. The molecule has 2 N–H and O–H groups in total. The van der Waals surface area contributed by atoms with Crippen molar-refractivity contribution in [2.75, 3.05) is 30.6 Å². The topological polar surface area (TPSA) is 157 Å². The monoisotopic (exact) mass is 462 g/mol. The molecule has 0 aliphatic carbocycles. The molecule has 158 valence electrons. The first-order valence-electron chi connectivity index (χ1n) is 8.13. The predicted molar refractivity (Wildman–Crippen MR) is 104 cm³/mol. The molecule has 3 heterocycles. The Kier molecular flexibility index (Phi) is 6.30. The number of aromatic nitrogens is 4. The zero-order valence-electron chi connectivity index (χ0n) is 15.6. The molecule has 2 aliphatic heterocycles. The summed E-state index contributed by atoms with van der Waals surface area (Å²) in [6.07, 6.45) is 1.37. The summed E-state index contributed by atoms with van der Waals surface area (Å²) in [7, 11) is 1.53. The molecule has 2 aliphatic rings. The first-order valence-corrected chi connectivity index (χ1v) is 11.9. The second-order valence-corrected chi connectivity index (χ2v) is 9.62. The average Bonchev–Trinajstić information content (AvgIpc) is 3.07. The van der Waals surface area contributed by atoms with E-state index in [0.717, 1.165) is 4.90 Å². The number of carboxylic acids is 1. The Morgan fingerprint density at radius 3 is 2.79 bits per heavy atom. The third-order valence-corrected chi connectivity index (χ3v) is 7.39. The van der Waals surface area contributed by atoms with Crippen molar-refractivity contribution in [3.63, 3.8) is 0 Å². The van der Waals surface area contributed by atoms with Crippen LogP contribution in [0.25, 0.3) is 0 Å². The van der Waals surface area contributed by atoms with E-state index in [1.807, 2.05) is 0 Å². The van der Waals surface area contributed by atoms with Gasteiger partial charge in [-0.2, -0.15) is 0 Å². The van der Waals surface area contributed by atoms with E-state index in [0.29, 0.717) is 16.5 Å². The zero-order chi connectivity index (χ0) is 21.3. The number of nitrogens with zero attached hydrogens (tertiary/aromatic N) is 5. The number of hydrogen-bond donors (Lipinski definition) is 2. The number of thioether (sulfide) groups is 2. The summed E-state index contributed by atoms with van der Waals surface area (Å²) in [6.45, 7) is 0. The fourth-order valence-electron chi connectivity index (χ4n) is 2.98. The lowest BCUT2D eigenvalue weighted by Crippen LogP contribution is -2.80. The van der Waals surface area contributed by atoms with Crippen LogP contribution in [0.3, 0.4) is 0 Å². The van der Waals surface area contributed by atoms with Crippen LogP contribution >= 0.6 is 23.5 Å². The normalized spacial score (nSPS) is 24.7. The molecule has 1 saturated heterocycles. The number of carbonyl (C=O) groups excluding carboxylic acids is 2. The fraction of sp³-hybridized carbons (Fsp3) is 0.571. The molecule has 0 saturated carbocycles. The molecule has 1 fully saturated rings. The molecule has 1 aromatic rings. The van der Waals surface area contributed by atoms with Gasteiger partial charge in [0.25, 0.3) is 11.6 Å². The minimum Gasteiger partial charge on any atom is -0.477 e. The molecule has 3 atom stereocenters. The molecule has 0 aromatic carbocycles. The van der Waals surface area contributed by atoms with E-state index in [1.54, 1.807) is 7.05 Å². The molecule has 15 heteroatoms. The van der Waals surface area contributed by atoms with Gasteiger partial charge in [0.1, 0.15) is 16.8 Å². The number of methoxy groups -OCH3 is 1. The predicted octanol–water partition coefficient (Wildman–Crippen LogP) is -1.61. The van der Waals surface area contributed by atoms with E-state index in [9.17, 15) is 23.7 Å². The van der Waals surface area contributed by atoms with Crippen molar-refractivity contribution < 1.29 is 28.4 Å². The van der Waals surface area contributed by atoms with E-state index < -0.39 is 39.7 Å². The van der Waals surface area contributed by atoms with Crippen LogP contribution in [-0.2, 0) is 37.0 Å². The Bertz CT molecular complexity index is 919. The Balaban J connectivity index is 1.83. The van der Waals surface area contributed by atoms with Gasteiger partial charge in [0.15, 0.2) is 0 Å². The summed E-state index contributed by atoms with van der Waals surface area (Å²) in [4.78, 5) is 38.0. The largest absolute Gasteiger partial charge is 0.477 e. The fourth-order valence-corrected chi connectivity index (χ4v) is 5.85. The van der Waals surface area contributed by atoms with Crippen molar-refractivity contribution in [1.82, 2.24) is 30.4 Å². The highest BCUT2D eigenvalue weighted by atomic mass is 32.2. The van der Waals surface area contributed by atoms with Crippen LogP contribution in [-0.4, -0.2) is 93.9 Å². The lowest BCUT2D eigenvalue weighted by atomic mass is 9.98. The summed E-state index contributed by atoms with van der Waals surface area (Å²) < 4.78 is 18.1. The first-order chi connectivity index (χ1) is 13.7. The molecule has 29 heavy (non-hydrogen) atoms. The van der Waals surface area contributed by atoms with Gasteiger partial charge in [0.2, 0.25) is 11.1 Å². The number of tetrazole rings is 1. The molecule has 0 spiro atoms. The standard InChI is InChI=1S/C14H18N6O6S3/c1-19-13(16-17-18-19)28-5-7-4-27-12-14(26-2,15-8(21)6-29(3)25)11(24)20(12)9(7)10(22)23/h12H,4-6H2,1-3H3,(H,15,21)(H,22,23)/t12-,14-,29?/m0/s1. The quantitative estimate of drug-likeness (QED) is 0.260. The lowest BCUT2D eigenvalue weighted by molar-refractivity contribution is -0.192. The number of β-lactam (4-membered cyclic amide) rings is 1. The molecule has 1 aromatic heterocycles. The van der Waals surface area contributed by atoms with E-state index in [4.69, 9.17) is 4.74 Å². The number of carboxylic acid groups (broad SMARTS) is 1. The average molecular weight is 463 g/mol. The zero-order valence-corrected chi connectivity index (χ0v) is 18.1. The second kappa shape index (κ2) is 8.41. The van der Waals surface area contributed by atoms with Crippen molar-refractivity contribution in [1.29, 1.82) is 0 Å². The number of carbonyl (C=O) groups is 3. The Hall–Kier alpha value is -1.97. The first kappa shape index (κ1) is 21.7. The van der Waals surface area contributed by atoms with E-state index in [-0.39, 0.29) is 17.2 Å². The van der Waals surface area contributed by atoms with E-state index in [2.05, 4.69) is 20.8 Å². The Morgan fingerprint density at radius 1 is 1.52 bits per heavy atom. The molecule has 1 unspecified atom stereocenters. The number of ether oxygens (including phenoxy) is 1. The molecule has 2 amide bonds. The molecule has 3 rings (SSSR count). The third-order valence-electron chi connectivity index (χ3n) is 4.25. The number of fused-ring (bicyclic) bond motifs is 1. The Morgan fingerprint density at radius 2 is 2.24 bits per heavy atom. The highest BCUT2D eigenvalue weighted by Gasteiger charge is 2.66. The molecule has 12 nitrogen and oxygen atoms in total. The highest BCUT2D eigenvalue weighted by Crippen LogP contribution is 2.47. The van der Waals surface area contributed by atoms with Gasteiger partial charge in [-0.3, -0.25) is 18.7 Å². The van der Waals surface area contributed by atoms with Crippen LogP contribution in [0, 0.1) is 0 Å². The number of nitrogens with one attached hydrogen (secondary N) is 1. The SMILES string of the molecule is CO[C@@]1(NC(=O)CS(C)=O)C(=O)N2C(C(=O)O)=C(CSc3nnnn3C)CS[C@H]21. The maximum absolute atomic E-state index is 12.9. The van der Waals surface area contributed by atoms with Gasteiger partial charge in [-0.1, -0.05) is 11.8 Å². The van der Waals surface area contributed by atoms with Crippen molar-refractivity contribution in [3.05, 3.63) is 11.3 Å². The maximum atomic E-state index is 12.9. The summed E-state index contributed by atoms with van der Waals surface area (Å²) in [6, 6.07) is 0. The Labute approximate surface area is 176 Å². The smallest absolute Gasteiger partial charge is 0.352 e. The van der Waals surface area contributed by atoms with Crippen LogP contribution in [0.5, 0.6) is 0 Å². The van der Waals surface area contributed by atoms with Crippen LogP contribution in [0.1, 0.15) is 0 Å². The minimum atomic E-state index is -1.69. The molecular weight excluding hydrogens is 444 g/mol. The van der Waals surface area contributed by atoms with Crippen LogP contribution in [0.2, 0.25) is 0 Å². The van der Waals surface area contributed by atoms with Crippen LogP contribution < -0.4 is 5.32 Å². The van der Waals surface area contributed by atoms with Crippen LogP contribution in [0.15, 0.2) is 16.4 Å². The highest BCUT2D eigenvalue weighted by molar-refractivity contribution is 8.01. The van der Waals surface area contributed by atoms with Gasteiger partial charge in [-0.15, -0.1) is 16.9 Å². The number of rotatable bonds is 8. The van der Waals surface area contributed by atoms with Gasteiger partial charge in [0.05, 0.1) is 0 Å². The van der Waals surface area contributed by atoms with Crippen molar-refractivity contribution in [2.24, 2.45) is 7.05 Å². The number of aliphatic carboxylic acids is 1. The van der Waals surface area contributed by atoms with Crippen molar-refractivity contribution in [3.8, 4) is 0 Å². The van der Waals surface area contributed by atoms with Gasteiger partial charge in [0, 0.05) is 42.7 Å². The number of hydrogen-bond acceptors (Lipinski definition) is 10. The van der Waals surface area contributed by atoms with Gasteiger partial charge >= 0.3 is 5.97 Å². The van der Waals surface area contributed by atoms with Gasteiger partial charge < -0.3 is 15.2 Å².